The van der Waals surface area contributed by atoms with Crippen LogP contribution in [0.2, 0.25) is 0 Å². The fourth-order valence-electron chi connectivity index (χ4n) is 10.9. The van der Waals surface area contributed by atoms with Crippen LogP contribution in [0.4, 0.5) is 0 Å². The van der Waals surface area contributed by atoms with Gasteiger partial charge in [-0.2, -0.15) is 0 Å². The molecule has 0 bridgehead atoms. The average molecular weight is 1590 g/mol. The third kappa shape index (κ3) is 85.1. The number of phosphoric ester groups is 2. The molecule has 0 heterocycles. The lowest BCUT2D eigenvalue weighted by Gasteiger charge is -2.21. The minimum atomic E-state index is -4.97. The highest BCUT2D eigenvalue weighted by molar-refractivity contribution is 7.47. The summed E-state index contributed by atoms with van der Waals surface area (Å²) in [6.07, 6.45) is 111. The number of ether oxygens (including phenoxy) is 3. The summed E-state index contributed by atoms with van der Waals surface area (Å²) >= 11 is 0. The average Bonchev–Trinajstić information content (AvgIpc) is 0.812. The number of hydrogen-bond donors (Lipinski definition) is 4. The number of carbonyl (C=O) groups excluding carboxylic acids is 3. The quantitative estimate of drug-likeness (QED) is 0.0146. The Labute approximate surface area is 674 Å². The second-order valence-electron chi connectivity index (χ2n) is 27.9. The van der Waals surface area contributed by atoms with E-state index in [-0.39, 0.29) is 19.3 Å². The highest BCUT2D eigenvalue weighted by atomic mass is 31.2. The lowest BCUT2D eigenvalue weighted by molar-refractivity contribution is -0.161. The number of aliphatic hydroxyl groups is 2. The van der Waals surface area contributed by atoms with Crippen molar-refractivity contribution in [2.24, 2.45) is 0 Å². The van der Waals surface area contributed by atoms with E-state index >= 15 is 0 Å². The van der Waals surface area contributed by atoms with Gasteiger partial charge in [0.25, 0.3) is 0 Å². The summed E-state index contributed by atoms with van der Waals surface area (Å²) in [5.41, 5.74) is 0. The number of hydrogen-bond acceptors (Lipinski definition) is 14. The molecule has 0 aliphatic carbocycles. The predicted molar refractivity (Wildman–Crippen MR) is 463 cm³/mol. The van der Waals surface area contributed by atoms with Crippen LogP contribution in [-0.4, -0.2) is 95.9 Å². The monoisotopic (exact) mass is 1590 g/mol. The highest BCUT2D eigenvalue weighted by Crippen LogP contribution is 2.45. The summed E-state index contributed by atoms with van der Waals surface area (Å²) < 4.78 is 61.2. The van der Waals surface area contributed by atoms with E-state index < -0.39 is 91.5 Å². The van der Waals surface area contributed by atoms with Gasteiger partial charge < -0.3 is 34.2 Å². The van der Waals surface area contributed by atoms with Crippen molar-refractivity contribution in [2.75, 3.05) is 39.6 Å². The summed E-state index contributed by atoms with van der Waals surface area (Å²) in [4.78, 5) is 58.8. The zero-order chi connectivity index (χ0) is 80.8. The summed E-state index contributed by atoms with van der Waals surface area (Å²) in [5.74, 6) is -1.69. The van der Waals surface area contributed by atoms with Gasteiger partial charge in [-0.25, -0.2) is 9.13 Å². The first-order valence-corrected chi connectivity index (χ1v) is 45.7. The normalized spacial score (nSPS) is 14.8. The van der Waals surface area contributed by atoms with E-state index in [9.17, 15) is 43.5 Å². The molecule has 18 heteroatoms. The van der Waals surface area contributed by atoms with Gasteiger partial charge in [0.05, 0.1) is 26.4 Å². The van der Waals surface area contributed by atoms with Crippen molar-refractivity contribution in [3.8, 4) is 0 Å². The molecule has 111 heavy (non-hydrogen) atoms. The van der Waals surface area contributed by atoms with Crippen LogP contribution in [0, 0.1) is 0 Å². The fourth-order valence-corrected chi connectivity index (χ4v) is 12.5. The molecule has 0 fully saturated rings. The summed E-state index contributed by atoms with van der Waals surface area (Å²) in [6.45, 7) is 2.32. The Morgan fingerprint density at radius 2 is 0.495 bits per heavy atom. The molecule has 0 saturated carbocycles. The summed E-state index contributed by atoms with van der Waals surface area (Å²) in [5, 5.41) is 20.7. The van der Waals surface area contributed by atoms with E-state index in [1.54, 1.807) is 0 Å². The fraction of sp³-hybridized carbons (Fsp3) is 0.624. The Balaban J connectivity index is 4.67. The largest absolute Gasteiger partial charge is 0.472 e. The molecule has 0 rings (SSSR count). The molecule has 0 saturated heterocycles. The third-order valence-electron chi connectivity index (χ3n) is 17.3. The van der Waals surface area contributed by atoms with E-state index in [0.717, 1.165) is 161 Å². The van der Waals surface area contributed by atoms with Crippen LogP contribution in [0.3, 0.4) is 0 Å². The van der Waals surface area contributed by atoms with E-state index in [2.05, 4.69) is 197 Å². The van der Waals surface area contributed by atoms with Crippen LogP contribution < -0.4 is 0 Å². The van der Waals surface area contributed by atoms with E-state index in [1.165, 1.54) is 89.9 Å². The predicted octanol–water partition coefficient (Wildman–Crippen LogP) is 25.9. The molecule has 0 aliphatic rings. The van der Waals surface area contributed by atoms with E-state index in [4.69, 9.17) is 32.3 Å². The zero-order valence-electron chi connectivity index (χ0n) is 69.1. The molecule has 16 nitrogen and oxygen atoms in total. The molecule has 630 valence electrons. The van der Waals surface area contributed by atoms with Crippen LogP contribution in [0.25, 0.3) is 0 Å². The molecule has 5 atom stereocenters. The maximum atomic E-state index is 13.0. The van der Waals surface area contributed by atoms with Crippen LogP contribution in [-0.2, 0) is 55.8 Å². The van der Waals surface area contributed by atoms with Crippen molar-refractivity contribution >= 4 is 33.6 Å². The Kier molecular flexibility index (Phi) is 79.6. The summed E-state index contributed by atoms with van der Waals surface area (Å²) in [7, 11) is -9.84. The minimum Gasteiger partial charge on any atom is -0.463 e. The number of carbonyl (C=O) groups is 3. The topological polar surface area (TPSA) is 231 Å². The van der Waals surface area contributed by atoms with E-state index in [0.29, 0.717) is 25.7 Å². The van der Waals surface area contributed by atoms with Gasteiger partial charge in [-0.05, 0) is 154 Å². The van der Waals surface area contributed by atoms with Gasteiger partial charge in [0, 0.05) is 19.3 Å². The van der Waals surface area contributed by atoms with Gasteiger partial charge in [0.2, 0.25) is 0 Å². The highest BCUT2D eigenvalue weighted by Gasteiger charge is 2.29. The van der Waals surface area contributed by atoms with Crippen LogP contribution in [0.15, 0.2) is 194 Å². The van der Waals surface area contributed by atoms with Crippen molar-refractivity contribution in [2.45, 2.75) is 334 Å². The molecular formula is C93H152O16P2. The van der Waals surface area contributed by atoms with Gasteiger partial charge in [-0.1, -0.05) is 337 Å². The first-order chi connectivity index (χ1) is 54.2. The third-order valence-corrected chi connectivity index (χ3v) is 19.2. The van der Waals surface area contributed by atoms with Gasteiger partial charge in [-0.3, -0.25) is 32.5 Å². The Morgan fingerprint density at radius 1 is 0.261 bits per heavy atom. The molecule has 0 aromatic carbocycles. The van der Waals surface area contributed by atoms with Gasteiger partial charge >= 0.3 is 33.6 Å². The van der Waals surface area contributed by atoms with Crippen LogP contribution >= 0.6 is 15.6 Å². The second-order valence-corrected chi connectivity index (χ2v) is 30.8. The zero-order valence-corrected chi connectivity index (χ0v) is 70.8. The first kappa shape index (κ1) is 105. The van der Waals surface area contributed by atoms with E-state index in [1.807, 2.05) is 18.2 Å². The second kappa shape index (κ2) is 83.8. The maximum absolute atomic E-state index is 13.0. The standard InChI is InChI=1S/C93H152O16P2/c1-4-7-10-13-16-19-22-25-28-31-34-36-38-40-42-43-45-47-48-50-53-55-58-61-64-67-70-73-76-79-91(96)103-82-88(94)83-105-110(99,100)106-84-89(95)85-107-111(101,102)108-87-90(109-93(98)81-78-75-72-69-66-63-60-57-52-33-30-27-24-21-18-15-12-9-6-3)86-104-92(97)80-77-74-71-68-65-62-59-56-54-51-49-46-44-41-39-37-35-32-29-26-23-20-17-14-11-8-5-2/h8-9,11-12,16-21,25-30,34-37,40-42,44,49,51-52,57,63,66,72,75,88-90,94-95H,4-7,10,13-15,22-24,31-33,38-39,43,45-48,50,53-56,58-62,64-65,67-71,73-74,76-87H2,1-3H3,(H,99,100)(H,101,102)/b11-8-,12-9-,19-16-,20-17-,21-18-,28-25-,29-26-,30-27-,36-34-,37-35-,42-40-,44-41-,51-49-,57-52-,66-63-,75-72-. The molecule has 5 unspecified atom stereocenters. The first-order valence-electron chi connectivity index (χ1n) is 42.7. The number of unbranched alkanes of at least 4 members (excludes halogenated alkanes) is 24. The SMILES string of the molecule is CC/C=C\C/C=C\C/C=C\C/C=C\C/C=C\C/C=C\CCCCCCCCCCC(=O)OCC(COP(=O)(O)OCC(O)COP(=O)(O)OCC(O)COC(=O)CCCCCCCCCCCCCCC/C=C\C/C=C\C/C=C\C/C=C\CCCCC)OC(=O)CC/C=C\C/C=C\C/C=C\C/C=C\C/C=C\C/C=C\CC. The van der Waals surface area contributed by atoms with Crippen molar-refractivity contribution in [1.29, 1.82) is 0 Å². The lowest BCUT2D eigenvalue weighted by Crippen LogP contribution is -2.29. The maximum Gasteiger partial charge on any atom is 0.472 e. The number of rotatable bonds is 79. The van der Waals surface area contributed by atoms with Crippen LogP contribution in [0.5, 0.6) is 0 Å². The lowest BCUT2D eigenvalue weighted by atomic mass is 10.0. The molecule has 0 amide bonds. The van der Waals surface area contributed by atoms with Crippen molar-refractivity contribution in [3.05, 3.63) is 194 Å². The number of allylic oxidation sites excluding steroid dienone is 32. The van der Waals surface area contributed by atoms with Gasteiger partial charge in [0.1, 0.15) is 25.4 Å². The molecule has 0 aromatic heterocycles. The van der Waals surface area contributed by atoms with Gasteiger partial charge in [-0.15, -0.1) is 0 Å². The molecule has 0 aliphatic heterocycles. The summed E-state index contributed by atoms with van der Waals surface area (Å²) in [6, 6.07) is 0. The van der Waals surface area contributed by atoms with Crippen molar-refractivity contribution in [3.63, 3.8) is 0 Å². The Morgan fingerprint density at radius 3 is 0.793 bits per heavy atom. The minimum absolute atomic E-state index is 0.0301. The van der Waals surface area contributed by atoms with Crippen molar-refractivity contribution in [1.82, 2.24) is 0 Å². The number of esters is 3. The molecular weight excluding hydrogens is 1430 g/mol. The Bertz CT molecular complexity index is 2800. The molecule has 0 radical (unpaired) electrons. The Hall–Kier alpha value is -5.61. The molecule has 4 N–H and O–H groups in total. The van der Waals surface area contributed by atoms with Crippen molar-refractivity contribution < 1.29 is 75.8 Å². The number of aliphatic hydroxyl groups excluding tert-OH is 2. The van der Waals surface area contributed by atoms with Crippen LogP contribution in [0.1, 0.15) is 316 Å². The molecule has 0 spiro atoms. The number of phosphoric acid groups is 2. The van der Waals surface area contributed by atoms with Gasteiger partial charge in [0.15, 0.2) is 6.10 Å². The molecule has 0 aromatic rings. The smallest absolute Gasteiger partial charge is 0.463 e.